The van der Waals surface area contributed by atoms with Crippen molar-refractivity contribution in [3.8, 4) is 0 Å². The Hall–Kier alpha value is -5.07. The fraction of sp³-hybridized carbons (Fsp3) is 0.489. The molecule has 0 atom stereocenters. The van der Waals surface area contributed by atoms with Crippen LogP contribution in [0.4, 0.5) is 9.59 Å². The van der Waals surface area contributed by atoms with Crippen molar-refractivity contribution in [3.05, 3.63) is 106 Å². The van der Waals surface area contributed by atoms with Gasteiger partial charge in [-0.1, -0.05) is 72.8 Å². The zero-order chi connectivity index (χ0) is 42.2. The van der Waals surface area contributed by atoms with Crippen molar-refractivity contribution in [1.82, 2.24) is 10.6 Å². The van der Waals surface area contributed by atoms with E-state index in [2.05, 4.69) is 71.3 Å². The van der Waals surface area contributed by atoms with Crippen LogP contribution < -0.4 is 22.1 Å². The van der Waals surface area contributed by atoms with Crippen LogP contribution in [0.15, 0.2) is 72.8 Å². The highest BCUT2D eigenvalue weighted by molar-refractivity contribution is 5.84. The third-order valence-corrected chi connectivity index (χ3v) is 9.23. The van der Waals surface area contributed by atoms with Gasteiger partial charge >= 0.3 is 18.2 Å². The number of nitrogens with two attached hydrogens (primary N) is 2. The molecule has 3 aliphatic carbocycles. The summed E-state index contributed by atoms with van der Waals surface area (Å²) in [7, 11) is 0. The highest BCUT2D eigenvalue weighted by atomic mass is 16.6. The predicted octanol–water partition coefficient (Wildman–Crippen LogP) is 5.91. The van der Waals surface area contributed by atoms with Gasteiger partial charge in [-0.15, -0.1) is 0 Å². The van der Waals surface area contributed by atoms with Gasteiger partial charge in [0.1, 0.15) is 23.5 Å². The van der Waals surface area contributed by atoms with Gasteiger partial charge in [0.2, 0.25) is 0 Å². The van der Waals surface area contributed by atoms with Crippen LogP contribution in [0.1, 0.15) is 87.8 Å². The Balaban J connectivity index is 0.000000212. The van der Waals surface area contributed by atoms with Gasteiger partial charge < -0.3 is 36.7 Å². The van der Waals surface area contributed by atoms with Crippen molar-refractivity contribution in [1.29, 1.82) is 0 Å². The molecule has 3 aliphatic rings. The van der Waals surface area contributed by atoms with Gasteiger partial charge in [-0.25, -0.2) is 9.59 Å². The molecule has 12 nitrogen and oxygen atoms in total. The molecule has 0 saturated heterocycles. The number of amides is 2. The maximum atomic E-state index is 11.9. The summed E-state index contributed by atoms with van der Waals surface area (Å²) in [6.45, 7) is 10.3. The average Bonchev–Trinajstić information content (AvgIpc) is 3.84. The first-order valence-corrected chi connectivity index (χ1v) is 19.6. The third kappa shape index (κ3) is 18.2. The lowest BCUT2D eigenvalue weighted by atomic mass is 9.99. The first kappa shape index (κ1) is 46.3. The molecule has 0 fully saturated rings. The number of hydrogen-bond acceptors (Lipinski definition) is 9. The van der Waals surface area contributed by atoms with Gasteiger partial charge in [-0.05, 0) is 125 Å². The summed E-state index contributed by atoms with van der Waals surface area (Å²) in [6, 6.07) is 25.6. The van der Waals surface area contributed by atoms with Crippen LogP contribution in [0.2, 0.25) is 0 Å². The molecule has 0 aromatic heterocycles. The second kappa shape index (κ2) is 22.0. The molecule has 0 heterocycles. The fourth-order valence-electron chi connectivity index (χ4n) is 6.93. The van der Waals surface area contributed by atoms with Gasteiger partial charge in [0.05, 0.1) is 13.1 Å². The van der Waals surface area contributed by atoms with E-state index >= 15 is 0 Å². The Labute approximate surface area is 337 Å². The Morgan fingerprint density at radius 2 is 0.895 bits per heavy atom. The van der Waals surface area contributed by atoms with Crippen LogP contribution in [0.25, 0.3) is 0 Å². The van der Waals surface area contributed by atoms with E-state index in [-0.39, 0.29) is 24.7 Å². The smallest absolute Gasteiger partial charge is 0.408 e. The van der Waals surface area contributed by atoms with Crippen molar-refractivity contribution in [3.63, 3.8) is 0 Å². The molecule has 0 bridgehead atoms. The number of nitrogens with one attached hydrogen (secondary N) is 2. The molecule has 0 saturated carbocycles. The molecule has 7 N–H and O–H groups in total. The van der Waals surface area contributed by atoms with E-state index in [9.17, 15) is 24.0 Å². The molecular formula is C45H62N4O8. The van der Waals surface area contributed by atoms with Gasteiger partial charge in [-0.2, -0.15) is 0 Å². The number of carbonyl (C=O) groups excluding carboxylic acids is 4. The number of ether oxygens (including phenoxy) is 2. The van der Waals surface area contributed by atoms with Crippen LogP contribution in [-0.2, 0) is 62.4 Å². The molecule has 3 aromatic rings. The summed E-state index contributed by atoms with van der Waals surface area (Å²) in [4.78, 5) is 55.4. The third-order valence-electron chi connectivity index (χ3n) is 9.23. The SMILES string of the molecule is CC(C)(C)OC(=O)NCC(=O)CC1Cc2ccccc2C1.CC(C)(C)OC(=O)NCC(=O)O.NC1Cc2ccccc2C1.NCC(=O)CC1Cc2ccccc2C1. The second-order valence-corrected chi connectivity index (χ2v) is 16.8. The number of fused-ring (bicyclic) bond motifs is 3. The van der Waals surface area contributed by atoms with Gasteiger partial charge in [0, 0.05) is 18.9 Å². The quantitative estimate of drug-likeness (QED) is 0.174. The number of alkyl carbamates (subject to hydrolysis) is 2. The van der Waals surface area contributed by atoms with Crippen molar-refractivity contribution in [2.24, 2.45) is 23.3 Å². The van der Waals surface area contributed by atoms with Crippen LogP contribution in [0.5, 0.6) is 0 Å². The van der Waals surface area contributed by atoms with Crippen LogP contribution in [-0.4, -0.2) is 71.7 Å². The number of carboxylic acids is 1. The number of carbonyl (C=O) groups is 5. The average molecular weight is 787 g/mol. The lowest BCUT2D eigenvalue weighted by Gasteiger charge is -2.19. The van der Waals surface area contributed by atoms with E-state index in [4.69, 9.17) is 26.0 Å². The molecule has 3 aromatic carbocycles. The minimum atomic E-state index is -1.10. The lowest BCUT2D eigenvalue weighted by molar-refractivity contribution is -0.136. The molecule has 57 heavy (non-hydrogen) atoms. The fourth-order valence-corrected chi connectivity index (χ4v) is 6.93. The first-order valence-electron chi connectivity index (χ1n) is 19.6. The largest absolute Gasteiger partial charge is 0.480 e. The first-order chi connectivity index (χ1) is 26.8. The van der Waals surface area contributed by atoms with Gasteiger partial charge in [0.25, 0.3) is 0 Å². The van der Waals surface area contributed by atoms with Crippen LogP contribution in [0.3, 0.4) is 0 Å². The molecule has 310 valence electrons. The molecule has 6 rings (SSSR count). The summed E-state index contributed by atoms with van der Waals surface area (Å²) < 4.78 is 9.88. The minimum absolute atomic E-state index is 0.0434. The van der Waals surface area contributed by atoms with Crippen molar-refractivity contribution in [2.75, 3.05) is 19.6 Å². The topological polar surface area (TPSA) is 200 Å². The zero-order valence-electron chi connectivity index (χ0n) is 34.4. The number of aliphatic carboxylic acids is 1. The van der Waals surface area contributed by atoms with Gasteiger partial charge in [-0.3, -0.25) is 14.4 Å². The highest BCUT2D eigenvalue weighted by Gasteiger charge is 2.25. The van der Waals surface area contributed by atoms with E-state index in [1.54, 1.807) is 41.5 Å². The second-order valence-electron chi connectivity index (χ2n) is 16.8. The Bertz CT molecular complexity index is 1740. The Kier molecular flexibility index (Phi) is 17.9. The number of Topliss-reactive ketones (excluding diaryl/α,β-unsaturated/α-hetero) is 2. The monoisotopic (exact) mass is 786 g/mol. The standard InChI is InChI=1S/C17H23NO3.C12H15NO.C9H11N.C7H13NO4/c1-17(2,3)21-16(20)18-11-15(19)10-12-8-13-6-4-5-7-14(13)9-12;13-8-12(14)7-9-5-10-3-1-2-4-11(10)6-9;10-9-5-7-3-1-2-4-8(7)6-9;1-7(2,3)12-6(11)8-4-5(9)10/h4-7,12H,8-11H2,1-3H3,(H,18,20);1-4,9H,5-8,13H2;1-4,9H,5-6,10H2;4H2,1-3H3,(H,8,11)(H,9,10). The zero-order valence-corrected chi connectivity index (χ0v) is 34.4. The summed E-state index contributed by atoms with van der Waals surface area (Å²) >= 11 is 0. The number of benzene rings is 3. The molecular weight excluding hydrogens is 725 g/mol. The molecule has 0 aliphatic heterocycles. The van der Waals surface area contributed by atoms with Crippen molar-refractivity contribution >= 4 is 29.7 Å². The maximum Gasteiger partial charge on any atom is 0.408 e. The lowest BCUT2D eigenvalue weighted by Crippen LogP contribution is -2.35. The molecule has 2 amide bonds. The number of carboxylic acid groups (broad SMARTS) is 1. The molecule has 12 heteroatoms. The maximum absolute atomic E-state index is 11.9. The van der Waals surface area contributed by atoms with E-state index in [0.29, 0.717) is 30.7 Å². The van der Waals surface area contributed by atoms with Crippen LogP contribution in [0, 0.1) is 11.8 Å². The van der Waals surface area contributed by atoms with Gasteiger partial charge in [0.15, 0.2) is 5.78 Å². The van der Waals surface area contributed by atoms with Crippen LogP contribution >= 0.6 is 0 Å². The van der Waals surface area contributed by atoms with Crippen molar-refractivity contribution in [2.45, 2.75) is 110 Å². The Morgan fingerprint density at radius 3 is 1.21 bits per heavy atom. The van der Waals surface area contributed by atoms with Crippen molar-refractivity contribution < 1.29 is 38.6 Å². The minimum Gasteiger partial charge on any atom is -0.480 e. The summed E-state index contributed by atoms with van der Waals surface area (Å²) in [5, 5.41) is 12.8. The van der Waals surface area contributed by atoms with E-state index < -0.39 is 35.9 Å². The molecule has 0 unspecified atom stereocenters. The normalized spacial score (nSPS) is 14.5. The van der Waals surface area contributed by atoms with E-state index in [1.165, 1.54) is 33.4 Å². The highest BCUT2D eigenvalue weighted by Crippen LogP contribution is 2.29. The summed E-state index contributed by atoms with van der Waals surface area (Å²) in [5.74, 6) is -0.0129. The number of ketones is 2. The predicted molar refractivity (Wildman–Crippen MR) is 221 cm³/mol. The summed E-state index contributed by atoms with van der Waals surface area (Å²) in [5.41, 5.74) is 18.3. The molecule has 0 radical (unpaired) electrons. The number of rotatable bonds is 9. The number of hydrogen-bond donors (Lipinski definition) is 5. The summed E-state index contributed by atoms with van der Waals surface area (Å²) in [6.07, 6.45) is 6.02. The molecule has 0 spiro atoms. The Morgan fingerprint density at radius 1 is 0.579 bits per heavy atom. The van der Waals surface area contributed by atoms with E-state index in [0.717, 1.165) is 38.5 Å². The van der Waals surface area contributed by atoms with E-state index in [1.807, 2.05) is 12.1 Å².